The van der Waals surface area contributed by atoms with Gasteiger partial charge in [-0.1, -0.05) is 35.9 Å². The van der Waals surface area contributed by atoms with Crippen molar-refractivity contribution in [2.45, 2.75) is 20.0 Å². The summed E-state index contributed by atoms with van der Waals surface area (Å²) in [6.07, 6.45) is 0. The predicted molar refractivity (Wildman–Crippen MR) is 118 cm³/mol. The third kappa shape index (κ3) is 2.85. The standard InChI is InChI=1S/C22H20ClN5O2/c1-14-4-3-5-17(12-14)26-10-11-27-18-19(24-21(26)27)25(2)22(30)28(20(18)29)13-15-6-8-16(23)9-7-15/h3-9,12H,10-11,13H2,1-2H3. The summed E-state index contributed by atoms with van der Waals surface area (Å²) in [6.45, 7) is 3.58. The molecule has 0 saturated carbocycles. The van der Waals surface area contributed by atoms with Crippen LogP contribution in [0, 0.1) is 6.92 Å². The highest BCUT2D eigenvalue weighted by atomic mass is 35.5. The fraction of sp³-hybridized carbons (Fsp3) is 0.227. The summed E-state index contributed by atoms with van der Waals surface area (Å²) in [6, 6.07) is 15.3. The van der Waals surface area contributed by atoms with Crippen LogP contribution in [0.15, 0.2) is 58.1 Å². The Labute approximate surface area is 177 Å². The monoisotopic (exact) mass is 421 g/mol. The van der Waals surface area contributed by atoms with E-state index >= 15 is 0 Å². The van der Waals surface area contributed by atoms with Gasteiger partial charge in [0.1, 0.15) is 0 Å². The zero-order valence-corrected chi connectivity index (χ0v) is 17.4. The molecule has 30 heavy (non-hydrogen) atoms. The lowest BCUT2D eigenvalue weighted by atomic mass is 10.2. The van der Waals surface area contributed by atoms with Crippen LogP contribution in [0.4, 0.5) is 11.6 Å². The molecule has 0 spiro atoms. The van der Waals surface area contributed by atoms with E-state index in [0.717, 1.165) is 23.4 Å². The molecule has 0 bridgehead atoms. The van der Waals surface area contributed by atoms with Crippen molar-refractivity contribution in [1.29, 1.82) is 0 Å². The van der Waals surface area contributed by atoms with E-state index in [1.165, 1.54) is 9.13 Å². The first-order chi connectivity index (χ1) is 14.4. The van der Waals surface area contributed by atoms with Gasteiger partial charge in [-0.3, -0.25) is 13.9 Å². The number of rotatable bonds is 3. The van der Waals surface area contributed by atoms with Crippen molar-refractivity contribution in [3.63, 3.8) is 0 Å². The van der Waals surface area contributed by atoms with Crippen LogP contribution in [0.3, 0.4) is 0 Å². The van der Waals surface area contributed by atoms with E-state index in [1.807, 2.05) is 41.8 Å². The molecule has 152 valence electrons. The Balaban J connectivity index is 1.67. The van der Waals surface area contributed by atoms with Crippen LogP contribution in [0.5, 0.6) is 0 Å². The minimum Gasteiger partial charge on any atom is -0.310 e. The number of nitrogens with zero attached hydrogens (tertiary/aromatic N) is 5. The van der Waals surface area contributed by atoms with Gasteiger partial charge in [-0.05, 0) is 42.3 Å². The lowest BCUT2D eigenvalue weighted by Crippen LogP contribution is -2.40. The highest BCUT2D eigenvalue weighted by Gasteiger charge is 2.28. The third-order valence-electron chi connectivity index (χ3n) is 5.57. The van der Waals surface area contributed by atoms with Gasteiger partial charge in [0, 0.05) is 30.8 Å². The number of hydrogen-bond acceptors (Lipinski definition) is 4. The molecular formula is C22H20ClN5O2. The summed E-state index contributed by atoms with van der Waals surface area (Å²) in [5, 5.41) is 0.610. The number of hydrogen-bond donors (Lipinski definition) is 0. The smallest absolute Gasteiger partial charge is 0.310 e. The van der Waals surface area contributed by atoms with E-state index < -0.39 is 0 Å². The fourth-order valence-electron chi connectivity index (χ4n) is 4.03. The fourth-order valence-corrected chi connectivity index (χ4v) is 4.16. The SMILES string of the molecule is Cc1cccc(N2CCn3c2nc2c3c(=O)n(Cc3ccc(Cl)cc3)c(=O)n2C)c1. The topological polar surface area (TPSA) is 65.1 Å². The van der Waals surface area contributed by atoms with E-state index in [4.69, 9.17) is 11.6 Å². The van der Waals surface area contributed by atoms with Crippen LogP contribution in [-0.2, 0) is 20.1 Å². The minimum absolute atomic E-state index is 0.181. The van der Waals surface area contributed by atoms with Crippen molar-refractivity contribution in [2.24, 2.45) is 7.05 Å². The molecule has 0 amide bonds. The van der Waals surface area contributed by atoms with Gasteiger partial charge in [-0.25, -0.2) is 4.79 Å². The van der Waals surface area contributed by atoms with Crippen LogP contribution in [0.2, 0.25) is 5.02 Å². The van der Waals surface area contributed by atoms with Gasteiger partial charge in [0.2, 0.25) is 5.95 Å². The summed E-state index contributed by atoms with van der Waals surface area (Å²) in [5.74, 6) is 0.687. The van der Waals surface area contributed by atoms with Gasteiger partial charge < -0.3 is 9.47 Å². The molecule has 0 atom stereocenters. The molecule has 0 aliphatic carbocycles. The highest BCUT2D eigenvalue weighted by Crippen LogP contribution is 2.31. The molecular weight excluding hydrogens is 402 g/mol. The Bertz CT molecular complexity index is 1400. The molecule has 1 aliphatic rings. The summed E-state index contributed by atoms with van der Waals surface area (Å²) in [4.78, 5) is 33.0. The molecule has 0 fully saturated rings. The average Bonchev–Trinajstić information content (AvgIpc) is 3.30. The van der Waals surface area contributed by atoms with Gasteiger partial charge in [0.15, 0.2) is 11.2 Å². The molecule has 2 aromatic carbocycles. The van der Waals surface area contributed by atoms with Crippen molar-refractivity contribution >= 4 is 34.4 Å². The minimum atomic E-state index is -0.388. The molecule has 7 nitrogen and oxygen atoms in total. The van der Waals surface area contributed by atoms with Gasteiger partial charge >= 0.3 is 5.69 Å². The molecule has 0 N–H and O–H groups in total. The van der Waals surface area contributed by atoms with Gasteiger partial charge in [0.05, 0.1) is 6.54 Å². The molecule has 8 heteroatoms. The first-order valence-electron chi connectivity index (χ1n) is 9.73. The second kappa shape index (κ2) is 6.88. The van der Waals surface area contributed by atoms with Crippen LogP contribution < -0.4 is 16.1 Å². The van der Waals surface area contributed by atoms with E-state index in [0.29, 0.717) is 28.7 Å². The molecule has 4 aromatic rings. The number of aryl methyl sites for hydroxylation is 2. The lowest BCUT2D eigenvalue weighted by molar-refractivity contribution is 0.652. The van der Waals surface area contributed by atoms with Crippen molar-refractivity contribution in [3.8, 4) is 0 Å². The summed E-state index contributed by atoms with van der Waals surface area (Å²) >= 11 is 5.95. The number of anilines is 2. The summed E-state index contributed by atoms with van der Waals surface area (Å²) in [5.41, 5.74) is 3.16. The molecule has 5 rings (SSSR count). The van der Waals surface area contributed by atoms with E-state index in [-0.39, 0.29) is 17.8 Å². The Morgan fingerprint density at radius 3 is 2.57 bits per heavy atom. The van der Waals surface area contributed by atoms with E-state index in [2.05, 4.69) is 16.0 Å². The number of halogens is 1. The Morgan fingerprint density at radius 1 is 1.07 bits per heavy atom. The van der Waals surface area contributed by atoms with Gasteiger partial charge in [-0.15, -0.1) is 0 Å². The Kier molecular flexibility index (Phi) is 4.29. The van der Waals surface area contributed by atoms with Crippen LogP contribution in [-0.4, -0.2) is 25.2 Å². The van der Waals surface area contributed by atoms with E-state index in [9.17, 15) is 9.59 Å². The number of fused-ring (bicyclic) bond motifs is 3. The van der Waals surface area contributed by atoms with Gasteiger partial charge in [-0.2, -0.15) is 4.98 Å². The average molecular weight is 422 g/mol. The zero-order chi connectivity index (χ0) is 21.0. The van der Waals surface area contributed by atoms with Crippen LogP contribution >= 0.6 is 11.6 Å². The highest BCUT2D eigenvalue weighted by molar-refractivity contribution is 6.30. The van der Waals surface area contributed by atoms with E-state index in [1.54, 1.807) is 19.2 Å². The van der Waals surface area contributed by atoms with Crippen LogP contribution in [0.25, 0.3) is 11.2 Å². The first kappa shape index (κ1) is 18.7. The molecule has 2 aromatic heterocycles. The van der Waals surface area contributed by atoms with Crippen molar-refractivity contribution in [3.05, 3.63) is 85.5 Å². The Hall–Kier alpha value is -3.32. The second-order valence-electron chi connectivity index (χ2n) is 7.59. The van der Waals surface area contributed by atoms with Crippen LogP contribution in [0.1, 0.15) is 11.1 Å². The second-order valence-corrected chi connectivity index (χ2v) is 8.02. The Morgan fingerprint density at radius 2 is 1.83 bits per heavy atom. The first-order valence-corrected chi connectivity index (χ1v) is 10.1. The molecule has 1 aliphatic heterocycles. The number of benzene rings is 2. The zero-order valence-electron chi connectivity index (χ0n) is 16.7. The molecule has 0 radical (unpaired) electrons. The maximum atomic E-state index is 13.3. The summed E-state index contributed by atoms with van der Waals surface area (Å²) < 4.78 is 4.63. The quantitative estimate of drug-likeness (QED) is 0.510. The predicted octanol–water partition coefficient (Wildman–Crippen LogP) is 3.06. The number of imidazole rings is 1. The van der Waals surface area contributed by atoms with Crippen molar-refractivity contribution in [2.75, 3.05) is 11.4 Å². The molecule has 3 heterocycles. The molecule has 0 saturated heterocycles. The number of aromatic nitrogens is 4. The largest absolute Gasteiger partial charge is 0.332 e. The third-order valence-corrected chi connectivity index (χ3v) is 5.82. The lowest BCUT2D eigenvalue weighted by Gasteiger charge is -2.16. The maximum absolute atomic E-state index is 13.3. The van der Waals surface area contributed by atoms with Crippen molar-refractivity contribution in [1.82, 2.24) is 18.7 Å². The normalized spacial score (nSPS) is 13.2. The van der Waals surface area contributed by atoms with Gasteiger partial charge in [0.25, 0.3) is 5.56 Å². The molecule has 0 unspecified atom stereocenters. The van der Waals surface area contributed by atoms with Crippen molar-refractivity contribution < 1.29 is 0 Å². The maximum Gasteiger partial charge on any atom is 0.332 e. The summed E-state index contributed by atoms with van der Waals surface area (Å²) in [7, 11) is 1.65.